The maximum Gasteiger partial charge on any atom is 0.258 e. The van der Waals surface area contributed by atoms with Gasteiger partial charge in [0.1, 0.15) is 5.75 Å². The third-order valence-corrected chi connectivity index (χ3v) is 3.78. The number of hydrogen-bond acceptors (Lipinski definition) is 5. The summed E-state index contributed by atoms with van der Waals surface area (Å²) in [5, 5.41) is 7.63. The van der Waals surface area contributed by atoms with Gasteiger partial charge in [0, 0.05) is 10.6 Å². The van der Waals surface area contributed by atoms with Crippen LogP contribution in [0.1, 0.15) is 5.89 Å². The van der Waals surface area contributed by atoms with Crippen LogP contribution in [0.3, 0.4) is 0 Å². The first-order valence-corrected chi connectivity index (χ1v) is 8.10. The zero-order chi connectivity index (χ0) is 17.6. The van der Waals surface area contributed by atoms with Crippen LogP contribution in [0.15, 0.2) is 53.1 Å². The summed E-state index contributed by atoms with van der Waals surface area (Å²) in [4.78, 5) is 16.0. The molecule has 3 rings (SSSR count). The molecule has 0 saturated carbocycles. The number of hydrogen-bond donors (Lipinski definition) is 1. The van der Waals surface area contributed by atoms with Gasteiger partial charge >= 0.3 is 0 Å². The summed E-state index contributed by atoms with van der Waals surface area (Å²) in [5.74, 6) is 0.882. The second-order valence-corrected chi connectivity index (χ2v) is 5.85. The van der Waals surface area contributed by atoms with E-state index < -0.39 is 0 Å². The van der Waals surface area contributed by atoms with Crippen LogP contribution in [0, 0.1) is 0 Å². The largest absolute Gasteiger partial charge is 0.484 e. The molecule has 0 spiro atoms. The van der Waals surface area contributed by atoms with Crippen LogP contribution in [0.4, 0.5) is 0 Å². The smallest absolute Gasteiger partial charge is 0.258 e. The first-order chi connectivity index (χ1) is 12.1. The van der Waals surface area contributed by atoms with Gasteiger partial charge < -0.3 is 14.6 Å². The lowest BCUT2D eigenvalue weighted by Gasteiger charge is -2.06. The maximum atomic E-state index is 11.8. The average Bonchev–Trinajstić information content (AvgIpc) is 3.08. The molecular weight excluding hydrogens is 365 g/mol. The number of carbonyl (C=O) groups is 1. The van der Waals surface area contributed by atoms with Crippen molar-refractivity contribution in [3.63, 3.8) is 0 Å². The molecule has 0 aliphatic heterocycles. The normalized spacial score (nSPS) is 10.5. The molecule has 0 bridgehead atoms. The lowest BCUT2D eigenvalue weighted by Crippen LogP contribution is -2.28. The SMILES string of the molecule is O=C(COc1ccc(Cl)cc1)NCc1nc(-c2ccccc2Cl)no1. The van der Waals surface area contributed by atoms with E-state index in [4.69, 9.17) is 32.5 Å². The third-order valence-electron chi connectivity index (χ3n) is 3.20. The van der Waals surface area contributed by atoms with Crippen molar-refractivity contribution < 1.29 is 14.1 Å². The van der Waals surface area contributed by atoms with Gasteiger partial charge in [0.05, 0.1) is 11.6 Å². The average molecular weight is 378 g/mol. The minimum absolute atomic E-state index is 0.0975. The summed E-state index contributed by atoms with van der Waals surface area (Å²) >= 11 is 11.9. The molecule has 0 aliphatic carbocycles. The zero-order valence-electron chi connectivity index (χ0n) is 12.9. The van der Waals surface area contributed by atoms with E-state index in [0.29, 0.717) is 27.2 Å². The van der Waals surface area contributed by atoms with Crippen LogP contribution >= 0.6 is 23.2 Å². The fourth-order valence-corrected chi connectivity index (χ4v) is 2.33. The van der Waals surface area contributed by atoms with E-state index in [9.17, 15) is 4.79 Å². The Kier molecular flexibility index (Phi) is 5.53. The van der Waals surface area contributed by atoms with Crippen molar-refractivity contribution in [2.24, 2.45) is 0 Å². The van der Waals surface area contributed by atoms with Crippen molar-refractivity contribution in [1.82, 2.24) is 15.5 Å². The van der Waals surface area contributed by atoms with Gasteiger partial charge in [-0.2, -0.15) is 4.98 Å². The van der Waals surface area contributed by atoms with Gasteiger partial charge in [0.25, 0.3) is 5.91 Å². The first-order valence-electron chi connectivity index (χ1n) is 7.34. The number of nitrogens with zero attached hydrogens (tertiary/aromatic N) is 2. The molecule has 1 aromatic heterocycles. The van der Waals surface area contributed by atoms with Crippen molar-refractivity contribution >= 4 is 29.1 Å². The molecule has 2 aromatic carbocycles. The van der Waals surface area contributed by atoms with E-state index in [1.165, 1.54) is 0 Å². The van der Waals surface area contributed by atoms with Crippen LogP contribution in [-0.4, -0.2) is 22.7 Å². The van der Waals surface area contributed by atoms with Crippen LogP contribution < -0.4 is 10.1 Å². The Labute approximate surface area is 153 Å². The van der Waals surface area contributed by atoms with Gasteiger partial charge in [-0.3, -0.25) is 4.79 Å². The van der Waals surface area contributed by atoms with Gasteiger partial charge in [-0.25, -0.2) is 0 Å². The Morgan fingerprint density at radius 2 is 1.88 bits per heavy atom. The summed E-state index contributed by atoms with van der Waals surface area (Å²) in [6.45, 7) is -0.0343. The molecule has 0 fully saturated rings. The number of carbonyl (C=O) groups excluding carboxylic acids is 1. The lowest BCUT2D eigenvalue weighted by atomic mass is 10.2. The van der Waals surface area contributed by atoms with Crippen molar-refractivity contribution in [2.75, 3.05) is 6.61 Å². The number of halogens is 2. The molecule has 128 valence electrons. The summed E-state index contributed by atoms with van der Waals surface area (Å²) in [5.41, 5.74) is 0.663. The van der Waals surface area contributed by atoms with Crippen LogP contribution in [0.2, 0.25) is 10.0 Å². The molecule has 8 heteroatoms. The molecule has 0 radical (unpaired) electrons. The van der Waals surface area contributed by atoms with Crippen LogP contribution in [0.25, 0.3) is 11.4 Å². The van der Waals surface area contributed by atoms with Crippen LogP contribution in [0.5, 0.6) is 5.75 Å². The first kappa shape index (κ1) is 17.3. The second kappa shape index (κ2) is 8.00. The van der Waals surface area contributed by atoms with Gasteiger partial charge in [-0.1, -0.05) is 40.5 Å². The summed E-state index contributed by atoms with van der Waals surface area (Å²) < 4.78 is 10.5. The van der Waals surface area contributed by atoms with E-state index in [1.807, 2.05) is 12.1 Å². The molecule has 1 amide bonds. The van der Waals surface area contributed by atoms with Gasteiger partial charge in [-0.15, -0.1) is 0 Å². The quantitative estimate of drug-likeness (QED) is 0.707. The van der Waals surface area contributed by atoms with Crippen molar-refractivity contribution in [2.45, 2.75) is 6.54 Å². The Morgan fingerprint density at radius 1 is 1.12 bits per heavy atom. The highest BCUT2D eigenvalue weighted by Gasteiger charge is 2.12. The molecule has 25 heavy (non-hydrogen) atoms. The maximum absolute atomic E-state index is 11.8. The Hall–Kier alpha value is -2.57. The highest BCUT2D eigenvalue weighted by molar-refractivity contribution is 6.33. The Balaban J connectivity index is 1.51. The fourth-order valence-electron chi connectivity index (χ4n) is 1.98. The van der Waals surface area contributed by atoms with Gasteiger partial charge in [0.2, 0.25) is 11.7 Å². The summed E-state index contributed by atoms with van der Waals surface area (Å²) in [6, 6.07) is 13.9. The number of rotatable bonds is 6. The number of benzene rings is 2. The Morgan fingerprint density at radius 3 is 2.64 bits per heavy atom. The summed E-state index contributed by atoms with van der Waals surface area (Å²) in [7, 11) is 0. The van der Waals surface area contributed by atoms with Crippen molar-refractivity contribution in [3.8, 4) is 17.1 Å². The van der Waals surface area contributed by atoms with E-state index in [1.54, 1.807) is 36.4 Å². The number of ether oxygens (including phenoxy) is 1. The standard InChI is InChI=1S/C17H13Cl2N3O3/c18-11-5-7-12(8-6-11)24-10-15(23)20-9-16-21-17(22-25-16)13-3-1-2-4-14(13)19/h1-8H,9-10H2,(H,20,23). The van der Waals surface area contributed by atoms with Gasteiger partial charge in [-0.05, 0) is 36.4 Å². The molecule has 0 saturated heterocycles. The predicted octanol–water partition coefficient (Wildman–Crippen LogP) is 3.74. The molecule has 1 heterocycles. The summed E-state index contributed by atoms with van der Waals surface area (Å²) in [6.07, 6.45) is 0. The van der Waals surface area contributed by atoms with E-state index in [0.717, 1.165) is 0 Å². The molecule has 3 aromatic rings. The highest BCUT2D eigenvalue weighted by Crippen LogP contribution is 2.24. The number of nitrogens with one attached hydrogen (secondary N) is 1. The van der Waals surface area contributed by atoms with Crippen molar-refractivity contribution in [3.05, 3.63) is 64.5 Å². The zero-order valence-corrected chi connectivity index (χ0v) is 14.4. The van der Waals surface area contributed by atoms with E-state index in [2.05, 4.69) is 15.5 Å². The van der Waals surface area contributed by atoms with E-state index >= 15 is 0 Å². The molecule has 0 aliphatic rings. The number of amides is 1. The minimum atomic E-state index is -0.313. The van der Waals surface area contributed by atoms with E-state index in [-0.39, 0.29) is 24.9 Å². The minimum Gasteiger partial charge on any atom is -0.484 e. The van der Waals surface area contributed by atoms with Crippen molar-refractivity contribution in [1.29, 1.82) is 0 Å². The molecular formula is C17H13Cl2N3O3. The van der Waals surface area contributed by atoms with Crippen LogP contribution in [-0.2, 0) is 11.3 Å². The Bertz CT molecular complexity index is 866. The van der Waals surface area contributed by atoms with Gasteiger partial charge in [0.15, 0.2) is 6.61 Å². The molecule has 6 nitrogen and oxygen atoms in total. The fraction of sp³-hybridized carbons (Fsp3) is 0.118. The third kappa shape index (κ3) is 4.71. The second-order valence-electron chi connectivity index (χ2n) is 5.01. The topological polar surface area (TPSA) is 77.2 Å². The highest BCUT2D eigenvalue weighted by atomic mass is 35.5. The monoisotopic (exact) mass is 377 g/mol. The predicted molar refractivity (Wildman–Crippen MR) is 93.5 cm³/mol. The lowest BCUT2D eigenvalue weighted by molar-refractivity contribution is -0.123. The molecule has 1 N–H and O–H groups in total. The number of aromatic nitrogens is 2. The molecule has 0 atom stereocenters. The molecule has 0 unspecified atom stereocenters.